The summed E-state index contributed by atoms with van der Waals surface area (Å²) < 4.78 is 0. The fraction of sp³-hybridized carbons (Fsp3) is 0.211. The van der Waals surface area contributed by atoms with E-state index in [4.69, 9.17) is 23.2 Å². The summed E-state index contributed by atoms with van der Waals surface area (Å²) in [5.74, 6) is -0.548. The number of fused-ring (bicyclic) bond motifs is 1. The maximum atomic E-state index is 12.5. The molecule has 1 amide bonds. The van der Waals surface area contributed by atoms with E-state index in [1.807, 2.05) is 6.07 Å². The quantitative estimate of drug-likeness (QED) is 0.555. The van der Waals surface area contributed by atoms with Crippen LogP contribution < -0.4 is 5.32 Å². The summed E-state index contributed by atoms with van der Waals surface area (Å²) in [7, 11) is 0. The van der Waals surface area contributed by atoms with Crippen molar-refractivity contribution in [1.29, 1.82) is 10.5 Å². The number of nitrogens with one attached hydrogen (secondary N) is 1. The van der Waals surface area contributed by atoms with E-state index >= 15 is 0 Å². The Morgan fingerprint density at radius 1 is 1.19 bits per heavy atom. The van der Waals surface area contributed by atoms with Crippen LogP contribution in [0.25, 0.3) is 6.08 Å². The summed E-state index contributed by atoms with van der Waals surface area (Å²) in [5.41, 5.74) is 2.08. The van der Waals surface area contributed by atoms with Crippen molar-refractivity contribution in [2.45, 2.75) is 25.7 Å². The second kappa shape index (κ2) is 7.93. The summed E-state index contributed by atoms with van der Waals surface area (Å²) in [6.07, 6.45) is 5.36. The van der Waals surface area contributed by atoms with E-state index in [1.54, 1.807) is 18.2 Å². The first kappa shape index (κ1) is 18.5. The largest absolute Gasteiger partial charge is 0.312 e. The molecule has 0 saturated carbocycles. The van der Waals surface area contributed by atoms with Gasteiger partial charge in [0.15, 0.2) is 0 Å². The van der Waals surface area contributed by atoms with Crippen LogP contribution in [0.15, 0.2) is 23.8 Å². The van der Waals surface area contributed by atoms with Crippen LogP contribution >= 0.6 is 34.5 Å². The van der Waals surface area contributed by atoms with Gasteiger partial charge in [-0.15, -0.1) is 11.3 Å². The number of thiophene rings is 1. The van der Waals surface area contributed by atoms with Gasteiger partial charge in [0, 0.05) is 4.88 Å². The minimum atomic E-state index is -0.548. The molecule has 1 heterocycles. The van der Waals surface area contributed by atoms with E-state index in [-0.39, 0.29) is 5.57 Å². The van der Waals surface area contributed by atoms with Crippen LogP contribution in [0.3, 0.4) is 0 Å². The molecule has 0 unspecified atom stereocenters. The maximum absolute atomic E-state index is 12.5. The van der Waals surface area contributed by atoms with Gasteiger partial charge in [0.1, 0.15) is 22.7 Å². The van der Waals surface area contributed by atoms with Crippen LogP contribution in [0.5, 0.6) is 0 Å². The predicted molar refractivity (Wildman–Crippen MR) is 104 cm³/mol. The molecule has 0 saturated heterocycles. The van der Waals surface area contributed by atoms with Gasteiger partial charge in [-0.05, 0) is 55.0 Å². The lowest BCUT2D eigenvalue weighted by Gasteiger charge is -2.09. The summed E-state index contributed by atoms with van der Waals surface area (Å²) in [5, 5.41) is 22.8. The first-order valence-corrected chi connectivity index (χ1v) is 9.53. The van der Waals surface area contributed by atoms with Gasteiger partial charge in [-0.1, -0.05) is 29.3 Å². The molecule has 2 aromatic rings. The molecule has 0 fully saturated rings. The van der Waals surface area contributed by atoms with E-state index in [2.05, 4.69) is 11.4 Å². The molecule has 1 aliphatic rings. The Balaban J connectivity index is 1.88. The molecule has 3 rings (SSSR count). The Labute approximate surface area is 165 Å². The van der Waals surface area contributed by atoms with Crippen molar-refractivity contribution in [3.8, 4) is 12.1 Å². The Morgan fingerprint density at radius 3 is 2.65 bits per heavy atom. The fourth-order valence-corrected chi connectivity index (χ4v) is 4.40. The monoisotopic (exact) mass is 401 g/mol. The highest BCUT2D eigenvalue weighted by molar-refractivity contribution is 7.16. The molecule has 1 N–H and O–H groups in total. The van der Waals surface area contributed by atoms with Crippen molar-refractivity contribution in [3.63, 3.8) is 0 Å². The third-order valence-electron chi connectivity index (χ3n) is 4.13. The third-order valence-corrected chi connectivity index (χ3v) is 6.08. The molecular formula is C19H13Cl2N3OS. The van der Waals surface area contributed by atoms with E-state index < -0.39 is 5.91 Å². The fourth-order valence-electron chi connectivity index (χ4n) is 2.86. The molecule has 0 atom stereocenters. The number of benzene rings is 1. The molecule has 4 nitrogen and oxygen atoms in total. The van der Waals surface area contributed by atoms with Crippen molar-refractivity contribution in [2.24, 2.45) is 0 Å². The minimum Gasteiger partial charge on any atom is -0.312 e. The van der Waals surface area contributed by atoms with Crippen LogP contribution in [-0.4, -0.2) is 5.91 Å². The average Bonchev–Trinajstić information content (AvgIpc) is 2.99. The topological polar surface area (TPSA) is 76.7 Å². The molecule has 0 aliphatic heterocycles. The lowest BCUT2D eigenvalue weighted by atomic mass is 9.96. The van der Waals surface area contributed by atoms with E-state index in [0.29, 0.717) is 26.2 Å². The molecule has 0 radical (unpaired) electrons. The van der Waals surface area contributed by atoms with Crippen LogP contribution in [0.4, 0.5) is 5.00 Å². The number of rotatable bonds is 3. The van der Waals surface area contributed by atoms with Crippen molar-refractivity contribution in [2.75, 3.05) is 5.32 Å². The molecule has 130 valence electrons. The number of amides is 1. The van der Waals surface area contributed by atoms with Gasteiger partial charge in [-0.2, -0.15) is 10.5 Å². The molecule has 0 bridgehead atoms. The second-order valence-corrected chi connectivity index (χ2v) is 7.74. The SMILES string of the molecule is N#CC(=Cc1ccc(Cl)c(Cl)c1)C(=O)Nc1sc2c(c1C#N)CCCC2. The Morgan fingerprint density at radius 2 is 1.96 bits per heavy atom. The van der Waals surface area contributed by atoms with E-state index in [9.17, 15) is 15.3 Å². The average molecular weight is 402 g/mol. The molecule has 1 aromatic heterocycles. The van der Waals surface area contributed by atoms with Crippen molar-refractivity contribution < 1.29 is 4.79 Å². The number of hydrogen-bond acceptors (Lipinski definition) is 4. The highest BCUT2D eigenvalue weighted by Crippen LogP contribution is 2.37. The molecule has 7 heteroatoms. The number of carbonyl (C=O) groups excluding carboxylic acids is 1. The number of halogens is 2. The van der Waals surface area contributed by atoms with Crippen LogP contribution in [0.2, 0.25) is 10.0 Å². The van der Waals surface area contributed by atoms with Gasteiger partial charge in [0.2, 0.25) is 0 Å². The Bertz CT molecular complexity index is 995. The van der Waals surface area contributed by atoms with Gasteiger partial charge >= 0.3 is 0 Å². The third kappa shape index (κ3) is 3.76. The normalized spacial score (nSPS) is 13.5. The zero-order valence-electron chi connectivity index (χ0n) is 13.6. The number of hydrogen-bond donors (Lipinski definition) is 1. The van der Waals surface area contributed by atoms with Crippen LogP contribution in [0.1, 0.15) is 34.4 Å². The second-order valence-electron chi connectivity index (χ2n) is 5.82. The van der Waals surface area contributed by atoms with Crippen molar-refractivity contribution >= 4 is 51.5 Å². The minimum absolute atomic E-state index is 0.0707. The summed E-state index contributed by atoms with van der Waals surface area (Å²) >= 11 is 13.3. The lowest BCUT2D eigenvalue weighted by Crippen LogP contribution is -2.13. The number of nitrogens with zero attached hydrogens (tertiary/aromatic N) is 2. The van der Waals surface area contributed by atoms with Gasteiger partial charge < -0.3 is 5.32 Å². The first-order chi connectivity index (χ1) is 12.5. The molecule has 0 spiro atoms. The van der Waals surface area contributed by atoms with Gasteiger partial charge in [-0.3, -0.25) is 4.79 Å². The zero-order valence-corrected chi connectivity index (χ0v) is 15.9. The predicted octanol–water partition coefficient (Wildman–Crippen LogP) is 5.35. The van der Waals surface area contributed by atoms with Gasteiger partial charge in [-0.25, -0.2) is 0 Å². The summed E-state index contributed by atoms with van der Waals surface area (Å²) in [6, 6.07) is 8.94. The molecule has 1 aromatic carbocycles. The maximum Gasteiger partial charge on any atom is 0.266 e. The number of aryl methyl sites for hydroxylation is 1. The molecular weight excluding hydrogens is 389 g/mol. The lowest BCUT2D eigenvalue weighted by molar-refractivity contribution is -0.112. The van der Waals surface area contributed by atoms with E-state index in [1.165, 1.54) is 17.4 Å². The van der Waals surface area contributed by atoms with Gasteiger partial charge in [0.25, 0.3) is 5.91 Å². The van der Waals surface area contributed by atoms with Crippen LogP contribution in [0, 0.1) is 22.7 Å². The van der Waals surface area contributed by atoms with Crippen LogP contribution in [-0.2, 0) is 17.6 Å². The van der Waals surface area contributed by atoms with Crippen molar-refractivity contribution in [3.05, 3.63) is 55.4 Å². The van der Waals surface area contributed by atoms with Gasteiger partial charge in [0.05, 0.1) is 15.6 Å². The number of anilines is 1. The first-order valence-electron chi connectivity index (χ1n) is 7.96. The highest BCUT2D eigenvalue weighted by atomic mass is 35.5. The standard InChI is InChI=1S/C19H13Cl2N3OS/c20-15-6-5-11(8-16(15)21)7-12(9-22)18(25)24-19-14(10-23)13-3-1-2-4-17(13)26-19/h5-8H,1-4H2,(H,24,25). The molecule has 26 heavy (non-hydrogen) atoms. The molecule has 1 aliphatic carbocycles. The Hall–Kier alpha value is -2.31. The smallest absolute Gasteiger partial charge is 0.266 e. The number of carbonyl (C=O) groups is 1. The summed E-state index contributed by atoms with van der Waals surface area (Å²) in [4.78, 5) is 13.7. The highest BCUT2D eigenvalue weighted by Gasteiger charge is 2.22. The summed E-state index contributed by atoms with van der Waals surface area (Å²) in [6.45, 7) is 0. The van der Waals surface area contributed by atoms with Crippen molar-refractivity contribution in [1.82, 2.24) is 0 Å². The Kier molecular flexibility index (Phi) is 5.64. The zero-order chi connectivity index (χ0) is 18.7. The number of nitriles is 2. The van der Waals surface area contributed by atoms with E-state index in [0.717, 1.165) is 36.1 Å².